The summed E-state index contributed by atoms with van der Waals surface area (Å²) in [7, 11) is 0. The van der Waals surface area contributed by atoms with E-state index in [0.29, 0.717) is 23.5 Å². The number of anilines is 1. The van der Waals surface area contributed by atoms with Crippen molar-refractivity contribution < 1.29 is 19.1 Å². The van der Waals surface area contributed by atoms with Gasteiger partial charge in [-0.05, 0) is 55.0 Å². The van der Waals surface area contributed by atoms with E-state index in [2.05, 4.69) is 5.32 Å². The molecule has 0 bridgehead atoms. The molecule has 0 aromatic heterocycles. The summed E-state index contributed by atoms with van der Waals surface area (Å²) < 4.78 is 11.1. The standard InChI is InChI=1S/C25H18Cl2N2O4/c1-2-32-22-14-16(11-12-21(22)33-25(31)17-7-4-3-5-8-17)13-18(15-28)24(30)29-23-19(26)9-6-10-20(23)27/h3-14H,2H2,1H3,(H,29,30)/b18-13+. The summed E-state index contributed by atoms with van der Waals surface area (Å²) >= 11 is 12.2. The summed E-state index contributed by atoms with van der Waals surface area (Å²) in [5, 5.41) is 12.5. The number of nitrogens with one attached hydrogen (secondary N) is 1. The van der Waals surface area contributed by atoms with E-state index in [4.69, 9.17) is 32.7 Å². The number of ether oxygens (including phenoxy) is 2. The first-order chi connectivity index (χ1) is 15.9. The van der Waals surface area contributed by atoms with Crippen molar-refractivity contribution in [3.05, 3.63) is 93.5 Å². The Hall–Kier alpha value is -3.79. The molecule has 0 spiro atoms. The molecule has 6 nitrogen and oxygen atoms in total. The van der Waals surface area contributed by atoms with Crippen LogP contribution in [-0.2, 0) is 4.79 Å². The lowest BCUT2D eigenvalue weighted by Gasteiger charge is -2.12. The van der Waals surface area contributed by atoms with Crippen LogP contribution in [-0.4, -0.2) is 18.5 Å². The van der Waals surface area contributed by atoms with Gasteiger partial charge in [-0.1, -0.05) is 53.5 Å². The van der Waals surface area contributed by atoms with Crippen molar-refractivity contribution in [3.63, 3.8) is 0 Å². The molecule has 0 aliphatic heterocycles. The fourth-order valence-electron chi connectivity index (χ4n) is 2.81. The Morgan fingerprint density at radius 2 is 1.70 bits per heavy atom. The van der Waals surface area contributed by atoms with Crippen LogP contribution in [0.15, 0.2) is 72.3 Å². The second-order valence-corrected chi connectivity index (χ2v) is 7.43. The van der Waals surface area contributed by atoms with Crippen LogP contribution >= 0.6 is 23.2 Å². The van der Waals surface area contributed by atoms with E-state index in [-0.39, 0.29) is 27.1 Å². The van der Waals surface area contributed by atoms with E-state index in [1.807, 2.05) is 6.07 Å². The predicted molar refractivity (Wildman–Crippen MR) is 128 cm³/mol. The van der Waals surface area contributed by atoms with E-state index in [1.54, 1.807) is 67.6 Å². The van der Waals surface area contributed by atoms with E-state index in [1.165, 1.54) is 12.1 Å². The van der Waals surface area contributed by atoms with E-state index in [9.17, 15) is 14.9 Å². The van der Waals surface area contributed by atoms with Crippen LogP contribution in [0, 0.1) is 11.3 Å². The first-order valence-electron chi connectivity index (χ1n) is 9.84. The largest absolute Gasteiger partial charge is 0.490 e. The third kappa shape index (κ3) is 6.13. The van der Waals surface area contributed by atoms with Crippen LogP contribution in [0.1, 0.15) is 22.8 Å². The zero-order chi connectivity index (χ0) is 23.8. The zero-order valence-corrected chi connectivity index (χ0v) is 19.0. The van der Waals surface area contributed by atoms with Gasteiger partial charge in [-0.2, -0.15) is 5.26 Å². The second kappa shape index (κ2) is 11.2. The van der Waals surface area contributed by atoms with Gasteiger partial charge in [-0.3, -0.25) is 4.79 Å². The number of carbonyl (C=O) groups excluding carboxylic acids is 2. The summed E-state index contributed by atoms with van der Waals surface area (Å²) in [6.07, 6.45) is 1.38. The average molecular weight is 481 g/mol. The molecule has 33 heavy (non-hydrogen) atoms. The number of amides is 1. The lowest BCUT2D eigenvalue weighted by Crippen LogP contribution is -2.14. The van der Waals surface area contributed by atoms with Crippen LogP contribution in [0.25, 0.3) is 6.08 Å². The normalized spacial score (nSPS) is 10.8. The first kappa shape index (κ1) is 23.9. The van der Waals surface area contributed by atoms with Crippen LogP contribution < -0.4 is 14.8 Å². The average Bonchev–Trinajstić information content (AvgIpc) is 2.82. The van der Waals surface area contributed by atoms with Crippen molar-refractivity contribution in [1.82, 2.24) is 0 Å². The molecular formula is C25H18Cl2N2O4. The summed E-state index contributed by atoms with van der Waals surface area (Å²) in [5.74, 6) is -0.699. The number of nitriles is 1. The maximum absolute atomic E-state index is 12.6. The lowest BCUT2D eigenvalue weighted by molar-refractivity contribution is -0.112. The van der Waals surface area contributed by atoms with Gasteiger partial charge in [-0.15, -0.1) is 0 Å². The van der Waals surface area contributed by atoms with Gasteiger partial charge in [-0.25, -0.2) is 4.79 Å². The lowest BCUT2D eigenvalue weighted by atomic mass is 10.1. The molecule has 0 atom stereocenters. The smallest absolute Gasteiger partial charge is 0.343 e. The summed E-state index contributed by atoms with van der Waals surface area (Å²) in [4.78, 5) is 25.0. The van der Waals surface area contributed by atoms with E-state index in [0.717, 1.165) is 0 Å². The molecule has 0 fully saturated rings. The summed E-state index contributed by atoms with van der Waals surface area (Å²) in [6, 6.07) is 19.9. The Labute approximate surface area is 201 Å². The minimum absolute atomic E-state index is 0.178. The van der Waals surface area contributed by atoms with Crippen LogP contribution in [0.3, 0.4) is 0 Å². The zero-order valence-electron chi connectivity index (χ0n) is 17.5. The van der Waals surface area contributed by atoms with Gasteiger partial charge in [0.2, 0.25) is 0 Å². The van der Waals surface area contributed by atoms with Gasteiger partial charge in [0.15, 0.2) is 11.5 Å². The fraction of sp³-hybridized carbons (Fsp3) is 0.0800. The highest BCUT2D eigenvalue weighted by Gasteiger charge is 2.16. The molecule has 0 heterocycles. The highest BCUT2D eigenvalue weighted by atomic mass is 35.5. The topological polar surface area (TPSA) is 88.4 Å². The molecule has 8 heteroatoms. The number of carbonyl (C=O) groups is 2. The Bertz CT molecular complexity index is 1230. The molecule has 0 radical (unpaired) electrons. The van der Waals surface area contributed by atoms with Crippen LogP contribution in [0.4, 0.5) is 5.69 Å². The Kier molecular flexibility index (Phi) is 8.09. The molecule has 1 N–H and O–H groups in total. The molecule has 166 valence electrons. The molecule has 1 amide bonds. The first-order valence-corrected chi connectivity index (χ1v) is 10.6. The van der Waals surface area contributed by atoms with Gasteiger partial charge < -0.3 is 14.8 Å². The molecule has 0 saturated heterocycles. The fourth-order valence-corrected chi connectivity index (χ4v) is 3.31. The van der Waals surface area contributed by atoms with Gasteiger partial charge >= 0.3 is 5.97 Å². The molecule has 0 unspecified atom stereocenters. The number of esters is 1. The van der Waals surface area contributed by atoms with Crippen LogP contribution in [0.2, 0.25) is 10.0 Å². The minimum Gasteiger partial charge on any atom is -0.490 e. The number of halogens is 2. The quantitative estimate of drug-likeness (QED) is 0.189. The van der Waals surface area contributed by atoms with Gasteiger partial charge in [0, 0.05) is 0 Å². The molecule has 0 saturated carbocycles. The molecule has 0 aliphatic rings. The number of rotatable bonds is 7. The number of nitrogens with zero attached hydrogens (tertiary/aromatic N) is 1. The number of benzene rings is 3. The Morgan fingerprint density at radius 3 is 2.33 bits per heavy atom. The third-order valence-electron chi connectivity index (χ3n) is 4.36. The molecular weight excluding hydrogens is 463 g/mol. The molecule has 3 aromatic carbocycles. The molecule has 0 aliphatic carbocycles. The monoisotopic (exact) mass is 480 g/mol. The third-order valence-corrected chi connectivity index (χ3v) is 4.99. The Balaban J connectivity index is 1.85. The van der Waals surface area contributed by atoms with Crippen molar-refractivity contribution in [2.75, 3.05) is 11.9 Å². The maximum Gasteiger partial charge on any atom is 0.343 e. The SMILES string of the molecule is CCOc1cc(/C=C(\C#N)C(=O)Nc2c(Cl)cccc2Cl)ccc1OC(=O)c1ccccc1. The number of hydrogen-bond donors (Lipinski definition) is 1. The van der Waals surface area contributed by atoms with Crippen LogP contribution in [0.5, 0.6) is 11.5 Å². The summed E-state index contributed by atoms with van der Waals surface area (Å²) in [6.45, 7) is 2.10. The molecule has 3 aromatic rings. The number of hydrogen-bond acceptors (Lipinski definition) is 5. The van der Waals surface area contributed by atoms with Gasteiger partial charge in [0.1, 0.15) is 11.6 Å². The highest BCUT2D eigenvalue weighted by molar-refractivity contribution is 6.40. The summed E-state index contributed by atoms with van der Waals surface area (Å²) in [5.41, 5.74) is 0.924. The number of para-hydroxylation sites is 1. The van der Waals surface area contributed by atoms with Crippen molar-refractivity contribution >= 4 is 46.8 Å². The van der Waals surface area contributed by atoms with Crippen molar-refractivity contribution in [1.29, 1.82) is 5.26 Å². The van der Waals surface area contributed by atoms with E-state index >= 15 is 0 Å². The predicted octanol–water partition coefficient (Wildman–Crippen LogP) is 6.16. The second-order valence-electron chi connectivity index (χ2n) is 6.62. The van der Waals surface area contributed by atoms with Gasteiger partial charge in [0.25, 0.3) is 5.91 Å². The van der Waals surface area contributed by atoms with Crippen molar-refractivity contribution in [3.8, 4) is 17.6 Å². The van der Waals surface area contributed by atoms with Crippen molar-refractivity contribution in [2.45, 2.75) is 6.92 Å². The highest BCUT2D eigenvalue weighted by Crippen LogP contribution is 2.32. The van der Waals surface area contributed by atoms with Crippen molar-refractivity contribution in [2.24, 2.45) is 0 Å². The maximum atomic E-state index is 12.6. The minimum atomic E-state index is -0.676. The Morgan fingerprint density at radius 1 is 1.00 bits per heavy atom. The van der Waals surface area contributed by atoms with E-state index < -0.39 is 11.9 Å². The van der Waals surface area contributed by atoms with Gasteiger partial charge in [0.05, 0.1) is 27.9 Å². The molecule has 3 rings (SSSR count).